The summed E-state index contributed by atoms with van der Waals surface area (Å²) in [6, 6.07) is 6.54. The normalized spacial score (nSPS) is 19.5. The van der Waals surface area contributed by atoms with Gasteiger partial charge in [0.15, 0.2) is 0 Å². The fourth-order valence-corrected chi connectivity index (χ4v) is 4.50. The predicted molar refractivity (Wildman–Crippen MR) is 117 cm³/mol. The lowest BCUT2D eigenvalue weighted by Crippen LogP contribution is -2.11. The number of halogens is 1. The molecule has 2 N–H and O–H groups in total. The Morgan fingerprint density at radius 1 is 1.25 bits per heavy atom. The van der Waals surface area contributed by atoms with Crippen LogP contribution in [0.3, 0.4) is 0 Å². The molecule has 0 aliphatic heterocycles. The zero-order valence-electron chi connectivity index (χ0n) is 17.0. The Bertz CT molecular complexity index is 953. The van der Waals surface area contributed by atoms with E-state index in [2.05, 4.69) is 31.0 Å². The van der Waals surface area contributed by atoms with Crippen LogP contribution in [-0.2, 0) is 6.42 Å². The van der Waals surface area contributed by atoms with Crippen molar-refractivity contribution in [2.45, 2.75) is 59.3 Å². The minimum absolute atomic E-state index is 0.484. The van der Waals surface area contributed by atoms with E-state index in [4.69, 9.17) is 17.3 Å². The SMILES string of the molecule is CCCCC1CCc2cc(C)c(C#N)cc2/C(c2cncc(N)c2Cl)=C(/C)C1. The highest BCUT2D eigenvalue weighted by Gasteiger charge is 2.23. The Kier molecular flexibility index (Phi) is 6.42. The molecular weight excluding hydrogens is 366 g/mol. The van der Waals surface area contributed by atoms with E-state index in [9.17, 15) is 5.26 Å². The first-order chi connectivity index (χ1) is 13.5. The van der Waals surface area contributed by atoms with Crippen LogP contribution in [0.1, 0.15) is 73.8 Å². The van der Waals surface area contributed by atoms with E-state index < -0.39 is 0 Å². The first kappa shape index (κ1) is 20.4. The third-order valence-corrected chi connectivity index (χ3v) is 6.25. The van der Waals surface area contributed by atoms with Crippen LogP contribution in [0.4, 0.5) is 5.69 Å². The van der Waals surface area contributed by atoms with E-state index in [0.29, 0.717) is 22.2 Å². The Labute approximate surface area is 173 Å². The average Bonchev–Trinajstić information content (AvgIpc) is 2.67. The lowest BCUT2D eigenvalue weighted by Gasteiger charge is -2.26. The summed E-state index contributed by atoms with van der Waals surface area (Å²) in [4.78, 5) is 4.30. The standard InChI is InChI=1S/C24H28ClN3/c1-4-5-6-17-7-8-18-10-15(2)19(12-26)11-20(18)23(16(3)9-17)21-13-28-14-22(27)24(21)25/h10-11,13-14,17H,4-9,27H2,1-3H3/b23-16+. The summed E-state index contributed by atoms with van der Waals surface area (Å²) in [6.07, 6.45) is 10.3. The lowest BCUT2D eigenvalue weighted by molar-refractivity contribution is 0.429. The fraction of sp³-hybridized carbons (Fsp3) is 0.417. The number of benzene rings is 1. The molecule has 1 aliphatic rings. The molecule has 0 saturated heterocycles. The second-order valence-electron chi connectivity index (χ2n) is 7.93. The molecule has 0 amide bonds. The molecule has 0 fully saturated rings. The highest BCUT2D eigenvalue weighted by Crippen LogP contribution is 2.41. The van der Waals surface area contributed by atoms with Gasteiger partial charge in [-0.1, -0.05) is 49.4 Å². The molecule has 1 aliphatic carbocycles. The van der Waals surface area contributed by atoms with Crippen molar-refractivity contribution in [3.05, 3.63) is 62.9 Å². The van der Waals surface area contributed by atoms with Crippen LogP contribution < -0.4 is 5.73 Å². The number of anilines is 1. The summed E-state index contributed by atoms with van der Waals surface area (Å²) in [5, 5.41) is 10.1. The lowest BCUT2D eigenvalue weighted by atomic mass is 9.79. The van der Waals surface area contributed by atoms with Crippen molar-refractivity contribution in [1.82, 2.24) is 4.98 Å². The molecule has 3 rings (SSSR count). The van der Waals surface area contributed by atoms with E-state index >= 15 is 0 Å². The number of fused-ring (bicyclic) bond motifs is 1. The van der Waals surface area contributed by atoms with Crippen LogP contribution in [-0.4, -0.2) is 4.98 Å². The largest absolute Gasteiger partial charge is 0.396 e. The van der Waals surface area contributed by atoms with Gasteiger partial charge in [-0.25, -0.2) is 0 Å². The van der Waals surface area contributed by atoms with Gasteiger partial charge in [0.25, 0.3) is 0 Å². The Balaban J connectivity index is 2.23. The van der Waals surface area contributed by atoms with Crippen molar-refractivity contribution >= 4 is 22.9 Å². The molecule has 1 heterocycles. The van der Waals surface area contributed by atoms with E-state index in [1.54, 1.807) is 12.4 Å². The van der Waals surface area contributed by atoms with Crippen LogP contribution in [0.5, 0.6) is 0 Å². The number of nitrogens with two attached hydrogens (primary N) is 1. The summed E-state index contributed by atoms with van der Waals surface area (Å²) in [5.74, 6) is 0.659. The second kappa shape index (κ2) is 8.80. The maximum absolute atomic E-state index is 9.58. The zero-order chi connectivity index (χ0) is 20.3. The molecule has 1 aromatic carbocycles. The predicted octanol–water partition coefficient (Wildman–Crippen LogP) is 6.46. The highest BCUT2D eigenvalue weighted by atomic mass is 35.5. The fourth-order valence-electron chi connectivity index (χ4n) is 4.30. The van der Waals surface area contributed by atoms with Gasteiger partial charge in [0.2, 0.25) is 0 Å². The van der Waals surface area contributed by atoms with Gasteiger partial charge in [0.1, 0.15) is 0 Å². The number of hydrogen-bond acceptors (Lipinski definition) is 3. The van der Waals surface area contributed by atoms with Crippen LogP contribution in [0.15, 0.2) is 30.1 Å². The number of nitrogens with zero attached hydrogens (tertiary/aromatic N) is 2. The molecule has 0 saturated carbocycles. The van der Waals surface area contributed by atoms with E-state index in [-0.39, 0.29) is 0 Å². The third kappa shape index (κ3) is 4.08. The van der Waals surface area contributed by atoms with E-state index in [0.717, 1.165) is 35.1 Å². The number of nitriles is 1. The van der Waals surface area contributed by atoms with Crippen LogP contribution >= 0.6 is 11.6 Å². The van der Waals surface area contributed by atoms with Crippen molar-refractivity contribution < 1.29 is 0 Å². The molecule has 1 unspecified atom stereocenters. The van der Waals surface area contributed by atoms with Crippen molar-refractivity contribution in [3.8, 4) is 6.07 Å². The molecule has 0 bridgehead atoms. The number of pyridine rings is 1. The van der Waals surface area contributed by atoms with Crippen LogP contribution in [0, 0.1) is 24.2 Å². The van der Waals surface area contributed by atoms with Gasteiger partial charge in [-0.2, -0.15) is 5.26 Å². The number of allylic oxidation sites excluding steroid dienone is 1. The molecule has 4 heteroatoms. The highest BCUT2D eigenvalue weighted by molar-refractivity contribution is 6.35. The number of nitrogen functional groups attached to an aromatic ring is 1. The monoisotopic (exact) mass is 393 g/mol. The van der Waals surface area contributed by atoms with Gasteiger partial charge < -0.3 is 5.73 Å². The summed E-state index contributed by atoms with van der Waals surface area (Å²) in [5.41, 5.74) is 13.9. The molecule has 0 spiro atoms. The minimum atomic E-state index is 0.484. The van der Waals surface area contributed by atoms with E-state index in [1.165, 1.54) is 36.8 Å². The molecular formula is C24H28ClN3. The summed E-state index contributed by atoms with van der Waals surface area (Å²) in [7, 11) is 0. The Morgan fingerprint density at radius 2 is 2.04 bits per heavy atom. The second-order valence-corrected chi connectivity index (χ2v) is 8.31. The number of aryl methyl sites for hydroxylation is 2. The maximum Gasteiger partial charge on any atom is 0.0994 e. The number of unbranched alkanes of at least 4 members (excludes halogenated alkanes) is 1. The summed E-state index contributed by atoms with van der Waals surface area (Å²) < 4.78 is 0. The minimum Gasteiger partial charge on any atom is -0.396 e. The number of aromatic nitrogens is 1. The van der Waals surface area contributed by atoms with Crippen LogP contribution in [0.25, 0.3) is 5.57 Å². The molecule has 0 radical (unpaired) electrons. The van der Waals surface area contributed by atoms with Gasteiger partial charge in [-0.05, 0) is 67.4 Å². The molecule has 3 nitrogen and oxygen atoms in total. The average molecular weight is 394 g/mol. The molecule has 28 heavy (non-hydrogen) atoms. The van der Waals surface area contributed by atoms with Crippen molar-refractivity contribution in [2.75, 3.05) is 5.73 Å². The third-order valence-electron chi connectivity index (χ3n) is 5.83. The molecule has 146 valence electrons. The summed E-state index contributed by atoms with van der Waals surface area (Å²) in [6.45, 7) is 6.45. The Hall–Kier alpha value is -2.31. The van der Waals surface area contributed by atoms with Gasteiger partial charge in [0.05, 0.1) is 28.5 Å². The quantitative estimate of drug-likeness (QED) is 0.648. The number of rotatable bonds is 4. The van der Waals surface area contributed by atoms with Crippen LogP contribution in [0.2, 0.25) is 5.02 Å². The van der Waals surface area contributed by atoms with Gasteiger partial charge in [-0.3, -0.25) is 4.98 Å². The first-order valence-corrected chi connectivity index (χ1v) is 10.5. The van der Waals surface area contributed by atoms with Crippen molar-refractivity contribution in [3.63, 3.8) is 0 Å². The topological polar surface area (TPSA) is 62.7 Å². The van der Waals surface area contributed by atoms with Crippen molar-refractivity contribution in [1.29, 1.82) is 5.26 Å². The van der Waals surface area contributed by atoms with Gasteiger partial charge in [0, 0.05) is 11.8 Å². The number of hydrogen-bond donors (Lipinski definition) is 1. The molecule has 2 aromatic rings. The van der Waals surface area contributed by atoms with Gasteiger partial charge in [-0.15, -0.1) is 0 Å². The zero-order valence-corrected chi connectivity index (χ0v) is 17.7. The van der Waals surface area contributed by atoms with E-state index in [1.807, 2.05) is 13.0 Å². The van der Waals surface area contributed by atoms with Gasteiger partial charge >= 0.3 is 0 Å². The smallest absolute Gasteiger partial charge is 0.0994 e. The summed E-state index contributed by atoms with van der Waals surface area (Å²) >= 11 is 6.61. The maximum atomic E-state index is 9.58. The molecule has 1 atom stereocenters. The Morgan fingerprint density at radius 3 is 2.75 bits per heavy atom. The van der Waals surface area contributed by atoms with Crippen molar-refractivity contribution in [2.24, 2.45) is 5.92 Å². The first-order valence-electron chi connectivity index (χ1n) is 10.1. The molecule has 1 aromatic heterocycles.